The Labute approximate surface area is 96.3 Å². The average molecular weight is 249 g/mol. The van der Waals surface area contributed by atoms with Crippen LogP contribution < -0.4 is 0 Å². The predicted molar refractivity (Wildman–Crippen MR) is 63.2 cm³/mol. The lowest BCUT2D eigenvalue weighted by Crippen LogP contribution is -2.25. The zero-order chi connectivity index (χ0) is 12.8. The van der Waals surface area contributed by atoms with Crippen LogP contribution in [0.25, 0.3) is 0 Å². The Morgan fingerprint density at radius 1 is 1.50 bits per heavy atom. The first-order chi connectivity index (χ1) is 7.29. The smallest absolute Gasteiger partial charge is 0.328 e. The Kier molecular flexibility index (Phi) is 6.56. The lowest BCUT2D eigenvalue weighted by Gasteiger charge is -2.16. The molecular formula is C10H20NO4P. The quantitative estimate of drug-likeness (QED) is 0.406. The molecule has 16 heavy (non-hydrogen) atoms. The first-order valence-electron chi connectivity index (χ1n) is 5.21. The van der Waals surface area contributed by atoms with E-state index in [0.717, 1.165) is 6.42 Å². The van der Waals surface area contributed by atoms with E-state index in [2.05, 4.69) is 6.58 Å². The van der Waals surface area contributed by atoms with Gasteiger partial charge in [-0.25, -0.2) is 0 Å². The molecule has 0 aliphatic carbocycles. The van der Waals surface area contributed by atoms with Gasteiger partial charge in [-0.15, -0.1) is 0 Å². The summed E-state index contributed by atoms with van der Waals surface area (Å²) >= 11 is 0. The lowest BCUT2D eigenvalue weighted by atomic mass is 10.2. The third-order valence-corrected chi connectivity index (χ3v) is 3.90. The Bertz CT molecular complexity index is 287. The maximum atomic E-state index is 11.1. The van der Waals surface area contributed by atoms with E-state index in [-0.39, 0.29) is 5.91 Å². The molecule has 1 amide bonds. The van der Waals surface area contributed by atoms with E-state index in [1.807, 2.05) is 0 Å². The van der Waals surface area contributed by atoms with Gasteiger partial charge in [-0.3, -0.25) is 9.36 Å². The van der Waals surface area contributed by atoms with Crippen molar-refractivity contribution < 1.29 is 19.1 Å². The van der Waals surface area contributed by atoms with Crippen molar-refractivity contribution in [1.29, 1.82) is 0 Å². The van der Waals surface area contributed by atoms with Crippen LogP contribution in [0.3, 0.4) is 0 Å². The van der Waals surface area contributed by atoms with Crippen LogP contribution in [-0.4, -0.2) is 39.8 Å². The highest BCUT2D eigenvalue weighted by Gasteiger charge is 2.22. The predicted octanol–water partition coefficient (Wildman–Crippen LogP) is 1.37. The van der Waals surface area contributed by atoms with E-state index in [1.165, 1.54) is 11.0 Å². The third kappa shape index (κ3) is 6.05. The molecule has 0 radical (unpaired) electrons. The highest BCUT2D eigenvalue weighted by molar-refractivity contribution is 7.52. The number of rotatable bonds is 7. The van der Waals surface area contributed by atoms with Gasteiger partial charge in [0, 0.05) is 13.6 Å². The first-order valence-corrected chi connectivity index (χ1v) is 6.90. The number of nitrogens with zero attached hydrogens (tertiary/aromatic N) is 1. The van der Waals surface area contributed by atoms with Crippen LogP contribution in [0.4, 0.5) is 0 Å². The van der Waals surface area contributed by atoms with Crippen molar-refractivity contribution in [3.63, 3.8) is 0 Å². The highest BCUT2D eigenvalue weighted by Crippen LogP contribution is 2.43. The minimum absolute atomic E-state index is 0.136. The summed E-state index contributed by atoms with van der Waals surface area (Å²) in [6.07, 6.45) is 3.15. The monoisotopic (exact) mass is 249 g/mol. The van der Waals surface area contributed by atoms with E-state index in [1.54, 1.807) is 14.0 Å². The molecule has 1 unspecified atom stereocenters. The Balaban J connectivity index is 3.73. The van der Waals surface area contributed by atoms with Gasteiger partial charge < -0.3 is 14.7 Å². The van der Waals surface area contributed by atoms with Crippen LogP contribution in [0.5, 0.6) is 0 Å². The molecule has 0 aromatic carbocycles. The van der Waals surface area contributed by atoms with E-state index in [9.17, 15) is 9.36 Å². The number of amides is 1. The number of carbonyl (C=O) groups is 1. The topological polar surface area (TPSA) is 77.8 Å². The zero-order valence-electron chi connectivity index (χ0n) is 9.80. The molecule has 94 valence electrons. The summed E-state index contributed by atoms with van der Waals surface area (Å²) in [6.45, 7) is 5.50. The molecule has 0 aliphatic heterocycles. The van der Waals surface area contributed by atoms with Crippen molar-refractivity contribution in [3.8, 4) is 0 Å². The molecule has 2 N–H and O–H groups in total. The summed E-state index contributed by atoms with van der Waals surface area (Å²) in [5, 5.41) is 0. The normalized spacial score (nSPS) is 13.2. The van der Waals surface area contributed by atoms with Gasteiger partial charge in [-0.2, -0.15) is 0 Å². The van der Waals surface area contributed by atoms with Gasteiger partial charge in [0.05, 0.1) is 5.66 Å². The van der Waals surface area contributed by atoms with Gasteiger partial charge in [0.1, 0.15) is 0 Å². The molecule has 0 aliphatic rings. The molecule has 0 rings (SSSR count). The summed E-state index contributed by atoms with van der Waals surface area (Å²) < 4.78 is 10.8. The number of hydrogen-bond donors (Lipinski definition) is 2. The van der Waals surface area contributed by atoms with Crippen molar-refractivity contribution in [2.24, 2.45) is 0 Å². The number of hydrogen-bond acceptors (Lipinski definition) is 2. The average Bonchev–Trinajstić information content (AvgIpc) is 2.20. The van der Waals surface area contributed by atoms with Crippen LogP contribution in [0.1, 0.15) is 26.2 Å². The lowest BCUT2D eigenvalue weighted by molar-refractivity contribution is -0.124. The fourth-order valence-corrected chi connectivity index (χ4v) is 1.74. The molecule has 1 atom stereocenters. The summed E-state index contributed by atoms with van der Waals surface area (Å²) in [4.78, 5) is 30.3. The largest absolute Gasteiger partial charge is 0.342 e. The molecule has 0 saturated carbocycles. The van der Waals surface area contributed by atoms with E-state index < -0.39 is 13.3 Å². The molecule has 5 nitrogen and oxygen atoms in total. The van der Waals surface area contributed by atoms with Crippen LogP contribution in [-0.2, 0) is 9.36 Å². The molecule has 0 aromatic rings. The van der Waals surface area contributed by atoms with Gasteiger partial charge in [-0.05, 0) is 18.9 Å². The van der Waals surface area contributed by atoms with Gasteiger partial charge in [0.25, 0.3) is 0 Å². The minimum Gasteiger partial charge on any atom is -0.342 e. The molecule has 0 heterocycles. The number of unbranched alkanes of at least 4 members (excludes halogenated alkanes) is 1. The van der Waals surface area contributed by atoms with Crippen LogP contribution >= 0.6 is 7.60 Å². The van der Waals surface area contributed by atoms with Gasteiger partial charge in [0.15, 0.2) is 0 Å². The van der Waals surface area contributed by atoms with Crippen molar-refractivity contribution in [3.05, 3.63) is 12.7 Å². The minimum atomic E-state index is -3.94. The molecule has 0 aromatic heterocycles. The second-order valence-corrected chi connectivity index (χ2v) is 5.96. The summed E-state index contributed by atoms with van der Waals surface area (Å²) in [7, 11) is -2.27. The molecule has 0 fully saturated rings. The molecule has 6 heteroatoms. The number of likely N-dealkylation sites (N-methyl/N-ethyl adjacent to an activating group) is 1. The summed E-state index contributed by atoms with van der Waals surface area (Å²) in [6, 6.07) is 0. The summed E-state index contributed by atoms with van der Waals surface area (Å²) in [5.74, 6) is -0.136. The van der Waals surface area contributed by atoms with Gasteiger partial charge >= 0.3 is 7.60 Å². The van der Waals surface area contributed by atoms with E-state index >= 15 is 0 Å². The van der Waals surface area contributed by atoms with Crippen molar-refractivity contribution >= 4 is 13.5 Å². The molecular weight excluding hydrogens is 229 g/mol. The molecule has 0 bridgehead atoms. The van der Waals surface area contributed by atoms with Crippen molar-refractivity contribution in [1.82, 2.24) is 4.90 Å². The van der Waals surface area contributed by atoms with Crippen LogP contribution in [0, 0.1) is 0 Å². The first kappa shape index (κ1) is 15.4. The second-order valence-electron chi connectivity index (χ2n) is 3.90. The van der Waals surface area contributed by atoms with Crippen molar-refractivity contribution in [2.75, 3.05) is 13.6 Å². The fourth-order valence-electron chi connectivity index (χ4n) is 1.22. The van der Waals surface area contributed by atoms with Crippen molar-refractivity contribution in [2.45, 2.75) is 31.8 Å². The Hall–Kier alpha value is -0.640. The zero-order valence-corrected chi connectivity index (χ0v) is 10.7. The van der Waals surface area contributed by atoms with Gasteiger partial charge in [0.2, 0.25) is 5.91 Å². The van der Waals surface area contributed by atoms with Crippen LogP contribution in [0.15, 0.2) is 12.7 Å². The van der Waals surface area contributed by atoms with Gasteiger partial charge in [-0.1, -0.05) is 19.9 Å². The van der Waals surface area contributed by atoms with E-state index in [0.29, 0.717) is 19.4 Å². The number of carbonyl (C=O) groups excluding carboxylic acids is 1. The SMILES string of the molecule is C=CC(=O)N(C)CCCCC(C)P(=O)(O)O. The maximum Gasteiger partial charge on any atom is 0.328 e. The Morgan fingerprint density at radius 2 is 2.06 bits per heavy atom. The Morgan fingerprint density at radius 3 is 2.50 bits per heavy atom. The standard InChI is InChI=1S/C10H20NO4P/c1-4-10(12)11(3)8-6-5-7-9(2)16(13,14)15/h4,9H,1,5-8H2,2-3H3,(H2,13,14,15). The highest BCUT2D eigenvalue weighted by atomic mass is 31.2. The maximum absolute atomic E-state index is 11.1. The molecule has 0 spiro atoms. The van der Waals surface area contributed by atoms with E-state index in [4.69, 9.17) is 9.79 Å². The summed E-state index contributed by atoms with van der Waals surface area (Å²) in [5.41, 5.74) is -0.604. The second kappa shape index (κ2) is 6.84. The third-order valence-electron chi connectivity index (χ3n) is 2.49. The molecule has 0 saturated heterocycles. The van der Waals surface area contributed by atoms with Crippen LogP contribution in [0.2, 0.25) is 0 Å². The fraction of sp³-hybridized carbons (Fsp3) is 0.700.